The highest BCUT2D eigenvalue weighted by atomic mass is 127. The first-order chi connectivity index (χ1) is 13.3. The van der Waals surface area contributed by atoms with Crippen molar-refractivity contribution in [2.24, 2.45) is 4.99 Å². The van der Waals surface area contributed by atoms with Crippen LogP contribution in [0.5, 0.6) is 5.75 Å². The van der Waals surface area contributed by atoms with Crippen LogP contribution in [0.1, 0.15) is 30.1 Å². The molecule has 162 valence electrons. The third kappa shape index (κ3) is 9.20. The molecule has 1 heterocycles. The van der Waals surface area contributed by atoms with Crippen molar-refractivity contribution in [2.45, 2.75) is 39.0 Å². The number of halogens is 4. The van der Waals surface area contributed by atoms with E-state index in [1.165, 1.54) is 5.56 Å². The average Bonchev–Trinajstić information content (AvgIpc) is 3.11. The van der Waals surface area contributed by atoms with Gasteiger partial charge in [-0.05, 0) is 38.0 Å². The second kappa shape index (κ2) is 12.2. The zero-order valence-electron chi connectivity index (χ0n) is 16.5. The largest absolute Gasteiger partial charge is 0.491 e. The number of aliphatic imine (C=N–C) groups is 1. The van der Waals surface area contributed by atoms with E-state index < -0.39 is 11.9 Å². The van der Waals surface area contributed by atoms with Gasteiger partial charge in [0.2, 0.25) is 0 Å². The minimum absolute atomic E-state index is 0. The van der Waals surface area contributed by atoms with Gasteiger partial charge in [0.15, 0.2) is 11.7 Å². The van der Waals surface area contributed by atoms with E-state index in [1.807, 2.05) is 38.1 Å². The number of hydrogen-bond acceptors (Lipinski definition) is 4. The summed E-state index contributed by atoms with van der Waals surface area (Å²) in [5.41, 5.74) is 0.335. The molecular formula is C19H26F3IN4OS. The Kier molecular flexibility index (Phi) is 10.7. The molecule has 1 aromatic carbocycles. The van der Waals surface area contributed by atoms with Gasteiger partial charge in [-0.3, -0.25) is 4.99 Å². The highest BCUT2D eigenvalue weighted by Gasteiger charge is 2.33. The molecule has 0 fully saturated rings. The van der Waals surface area contributed by atoms with E-state index in [9.17, 15) is 13.2 Å². The van der Waals surface area contributed by atoms with Crippen LogP contribution in [0.4, 0.5) is 13.2 Å². The zero-order valence-corrected chi connectivity index (χ0v) is 19.7. The average molecular weight is 542 g/mol. The Morgan fingerprint density at radius 3 is 2.28 bits per heavy atom. The molecule has 29 heavy (non-hydrogen) atoms. The normalized spacial score (nSPS) is 11.9. The first-order valence-corrected chi connectivity index (χ1v) is 9.87. The van der Waals surface area contributed by atoms with Crippen LogP contribution in [0.15, 0.2) is 34.6 Å². The van der Waals surface area contributed by atoms with Crippen LogP contribution in [0.2, 0.25) is 0 Å². The van der Waals surface area contributed by atoms with E-state index in [4.69, 9.17) is 4.74 Å². The number of nitrogens with zero attached hydrogens (tertiary/aromatic N) is 2. The number of guanidine groups is 1. The molecule has 0 unspecified atom stereocenters. The van der Waals surface area contributed by atoms with Crippen molar-refractivity contribution >= 4 is 41.3 Å². The monoisotopic (exact) mass is 542 g/mol. The van der Waals surface area contributed by atoms with E-state index in [0.717, 1.165) is 28.9 Å². The number of ether oxygens (including phenoxy) is 1. The Hall–Kier alpha value is -1.56. The van der Waals surface area contributed by atoms with Crippen molar-refractivity contribution in [3.05, 3.63) is 45.9 Å². The van der Waals surface area contributed by atoms with Crippen LogP contribution in [0, 0.1) is 0 Å². The number of benzene rings is 1. The number of thiazole rings is 1. The second-order valence-electron chi connectivity index (χ2n) is 6.36. The van der Waals surface area contributed by atoms with Crippen molar-refractivity contribution < 1.29 is 17.9 Å². The summed E-state index contributed by atoms with van der Waals surface area (Å²) < 4.78 is 43.3. The fraction of sp³-hybridized carbons (Fsp3) is 0.474. The summed E-state index contributed by atoms with van der Waals surface area (Å²) in [5, 5.41) is 7.76. The molecule has 0 saturated carbocycles. The molecule has 0 saturated heterocycles. The van der Waals surface area contributed by atoms with E-state index >= 15 is 0 Å². The molecule has 2 N–H and O–H groups in total. The quantitative estimate of drug-likeness (QED) is 0.293. The molecule has 10 heteroatoms. The summed E-state index contributed by atoms with van der Waals surface area (Å²) >= 11 is 1.01. The van der Waals surface area contributed by atoms with Gasteiger partial charge in [0.25, 0.3) is 0 Å². The fourth-order valence-corrected chi connectivity index (χ4v) is 3.20. The number of alkyl halides is 3. The van der Waals surface area contributed by atoms with Gasteiger partial charge in [0, 0.05) is 31.9 Å². The van der Waals surface area contributed by atoms with Gasteiger partial charge in [-0.25, -0.2) is 4.98 Å². The molecule has 0 amide bonds. The summed E-state index contributed by atoms with van der Waals surface area (Å²) in [6.07, 6.45) is -3.03. The second-order valence-corrected chi connectivity index (χ2v) is 7.30. The number of rotatable bonds is 8. The smallest absolute Gasteiger partial charge is 0.434 e. The molecule has 0 radical (unpaired) electrons. The first kappa shape index (κ1) is 25.5. The summed E-state index contributed by atoms with van der Waals surface area (Å²) in [4.78, 5) is 7.73. The molecule has 5 nitrogen and oxygen atoms in total. The molecule has 0 aliphatic rings. The van der Waals surface area contributed by atoms with E-state index in [-0.39, 0.29) is 30.1 Å². The summed E-state index contributed by atoms with van der Waals surface area (Å²) in [5.74, 6) is 1.45. The van der Waals surface area contributed by atoms with E-state index in [1.54, 1.807) is 7.05 Å². The van der Waals surface area contributed by atoms with Crippen LogP contribution >= 0.6 is 35.3 Å². The third-order valence-electron chi connectivity index (χ3n) is 3.70. The van der Waals surface area contributed by atoms with Crippen LogP contribution in [-0.4, -0.2) is 37.2 Å². The van der Waals surface area contributed by atoms with Gasteiger partial charge >= 0.3 is 6.18 Å². The van der Waals surface area contributed by atoms with Crippen LogP contribution in [0.25, 0.3) is 0 Å². The maximum absolute atomic E-state index is 12.6. The van der Waals surface area contributed by atoms with Crippen LogP contribution < -0.4 is 15.4 Å². The molecule has 0 bridgehead atoms. The molecule has 0 aliphatic heterocycles. The van der Waals surface area contributed by atoms with Gasteiger partial charge in [0.1, 0.15) is 5.75 Å². The minimum atomic E-state index is -4.39. The lowest BCUT2D eigenvalue weighted by molar-refractivity contribution is -0.140. The standard InChI is InChI=1S/C19H25F3N4OS.HI/c1-13(2)27-15-6-4-14(5-7-15)8-10-24-18(23-3)25-11-9-17-26-16(12-28-17)19(20,21)22;/h4-7,12-13H,8-11H2,1-3H3,(H2,23,24,25);1H. The molecule has 0 atom stereocenters. The predicted octanol–water partition coefficient (Wildman–Crippen LogP) is 4.52. The molecule has 2 rings (SSSR count). The number of nitrogens with one attached hydrogen (secondary N) is 2. The molecule has 1 aromatic heterocycles. The maximum atomic E-state index is 12.6. The van der Waals surface area contributed by atoms with E-state index in [0.29, 0.717) is 30.5 Å². The number of hydrogen-bond donors (Lipinski definition) is 2. The highest BCUT2D eigenvalue weighted by Crippen LogP contribution is 2.29. The Morgan fingerprint density at radius 2 is 1.76 bits per heavy atom. The van der Waals surface area contributed by atoms with Crippen molar-refractivity contribution in [3.8, 4) is 5.75 Å². The predicted molar refractivity (Wildman–Crippen MR) is 122 cm³/mol. The summed E-state index contributed by atoms with van der Waals surface area (Å²) in [6, 6.07) is 7.95. The lowest BCUT2D eigenvalue weighted by atomic mass is 10.1. The molecule has 0 aliphatic carbocycles. The van der Waals surface area contributed by atoms with Crippen molar-refractivity contribution in [3.63, 3.8) is 0 Å². The molecule has 2 aromatic rings. The van der Waals surface area contributed by atoms with Crippen LogP contribution in [-0.2, 0) is 19.0 Å². The minimum Gasteiger partial charge on any atom is -0.491 e. The van der Waals surface area contributed by atoms with Crippen molar-refractivity contribution in [1.29, 1.82) is 0 Å². The van der Waals surface area contributed by atoms with Crippen molar-refractivity contribution in [1.82, 2.24) is 15.6 Å². The summed E-state index contributed by atoms with van der Waals surface area (Å²) in [6.45, 7) is 5.10. The van der Waals surface area contributed by atoms with Gasteiger partial charge in [-0.2, -0.15) is 13.2 Å². The Labute approximate surface area is 190 Å². The van der Waals surface area contributed by atoms with E-state index in [2.05, 4.69) is 20.6 Å². The zero-order chi connectivity index (χ0) is 20.6. The summed E-state index contributed by atoms with van der Waals surface area (Å²) in [7, 11) is 1.65. The van der Waals surface area contributed by atoms with Gasteiger partial charge in [0.05, 0.1) is 11.1 Å². The third-order valence-corrected chi connectivity index (χ3v) is 4.61. The highest BCUT2D eigenvalue weighted by molar-refractivity contribution is 14.0. The van der Waals surface area contributed by atoms with Crippen molar-refractivity contribution in [2.75, 3.05) is 20.1 Å². The van der Waals surface area contributed by atoms with Crippen LogP contribution in [0.3, 0.4) is 0 Å². The Morgan fingerprint density at radius 1 is 1.14 bits per heavy atom. The lowest BCUT2D eigenvalue weighted by Crippen LogP contribution is -2.39. The molecular weight excluding hydrogens is 516 g/mol. The lowest BCUT2D eigenvalue weighted by Gasteiger charge is -2.12. The van der Waals surface area contributed by atoms with Gasteiger partial charge in [-0.15, -0.1) is 35.3 Å². The fourth-order valence-electron chi connectivity index (χ4n) is 2.40. The topological polar surface area (TPSA) is 58.5 Å². The van der Waals surface area contributed by atoms with Gasteiger partial charge in [-0.1, -0.05) is 12.1 Å². The molecule has 0 spiro atoms. The SMILES string of the molecule is CN=C(NCCc1ccc(OC(C)C)cc1)NCCc1nc(C(F)(F)F)cs1.I. The number of aromatic nitrogens is 1. The Balaban J connectivity index is 0.00000420. The Bertz CT molecular complexity index is 764. The van der Waals surface area contributed by atoms with Gasteiger partial charge < -0.3 is 15.4 Å². The maximum Gasteiger partial charge on any atom is 0.434 e. The first-order valence-electron chi connectivity index (χ1n) is 8.99.